The molecule has 4 aliphatic heterocycles. The lowest BCUT2D eigenvalue weighted by Gasteiger charge is -2.43. The summed E-state index contributed by atoms with van der Waals surface area (Å²) < 4.78 is 5.83. The first-order valence-electron chi connectivity index (χ1n) is 15.2. The molecule has 4 aliphatic rings. The number of piperidine rings is 1. The van der Waals surface area contributed by atoms with Gasteiger partial charge in [0.2, 0.25) is 0 Å². The molecule has 9 nitrogen and oxygen atoms in total. The molecule has 9 heteroatoms. The fourth-order valence-electron chi connectivity index (χ4n) is 7.40. The molecule has 2 aromatic carbocycles. The highest BCUT2D eigenvalue weighted by Crippen LogP contribution is 2.38. The van der Waals surface area contributed by atoms with Crippen LogP contribution in [0.2, 0.25) is 0 Å². The van der Waals surface area contributed by atoms with Gasteiger partial charge >= 0.3 is 0 Å². The second kappa shape index (κ2) is 11.5. The first kappa shape index (κ1) is 26.5. The van der Waals surface area contributed by atoms with Crippen molar-refractivity contribution in [2.45, 2.75) is 56.8 Å². The van der Waals surface area contributed by atoms with Gasteiger partial charge in [-0.2, -0.15) is 0 Å². The van der Waals surface area contributed by atoms with E-state index in [9.17, 15) is 0 Å². The molecule has 4 saturated heterocycles. The summed E-state index contributed by atoms with van der Waals surface area (Å²) in [6.45, 7) is 8.85. The number of rotatable bonds is 8. The third-order valence-corrected chi connectivity index (χ3v) is 9.52. The van der Waals surface area contributed by atoms with Crippen molar-refractivity contribution in [1.29, 1.82) is 0 Å². The molecular weight excluding hydrogens is 514 g/mol. The number of fused-ring (bicyclic) bond motifs is 2. The van der Waals surface area contributed by atoms with Crippen molar-refractivity contribution in [3.05, 3.63) is 66.5 Å². The van der Waals surface area contributed by atoms with E-state index in [1.165, 1.54) is 50.1 Å². The summed E-state index contributed by atoms with van der Waals surface area (Å²) in [5.41, 5.74) is 3.31. The van der Waals surface area contributed by atoms with E-state index in [2.05, 4.69) is 79.4 Å². The zero-order valence-electron chi connectivity index (χ0n) is 24.2. The Hall–Kier alpha value is -3.40. The Kier molecular flexibility index (Phi) is 7.41. The monoisotopic (exact) mass is 555 g/mol. The summed E-state index contributed by atoms with van der Waals surface area (Å²) in [6, 6.07) is 21.2. The van der Waals surface area contributed by atoms with E-state index in [1.807, 2.05) is 17.2 Å². The van der Waals surface area contributed by atoms with Gasteiger partial charge in [-0.1, -0.05) is 37.3 Å². The smallest absolute Gasteiger partial charge is 0.158 e. The summed E-state index contributed by atoms with van der Waals surface area (Å²) in [5.74, 6) is 2.24. The first-order chi connectivity index (χ1) is 20.2. The first-order valence-corrected chi connectivity index (χ1v) is 15.2. The lowest BCUT2D eigenvalue weighted by atomic mass is 10.0. The topological polar surface area (TPSA) is 69.2 Å². The average molecular weight is 556 g/mol. The highest BCUT2D eigenvalue weighted by molar-refractivity contribution is 5.70. The number of methoxy groups -OCH3 is 1. The van der Waals surface area contributed by atoms with Gasteiger partial charge in [-0.3, -0.25) is 14.6 Å². The predicted octanol–water partition coefficient (Wildman–Crippen LogP) is 4.86. The number of benzene rings is 2. The Morgan fingerprint density at radius 2 is 1.80 bits per heavy atom. The molecule has 4 fully saturated rings. The van der Waals surface area contributed by atoms with Crippen molar-refractivity contribution in [2.75, 3.05) is 61.7 Å². The standard InChI is InChI=1S/C32H41N7O2/c1-3-36-20-27-17-26(36)21-38(27)24-11-14-37(15-12-24)25-9-10-28(30(18-25)40-2)35-31-19-32(34-22-33-31)39-29(13-16-41-39)23-7-5-4-6-8-23/h4-10,18-19,22,24,26-27,29H,3,11-17,20-21H2,1-2H3,(H,33,34,35)/t26-,27-,29-/m1/s1. The van der Waals surface area contributed by atoms with Crippen molar-refractivity contribution >= 4 is 23.0 Å². The maximum atomic E-state index is 5.98. The second-order valence-corrected chi connectivity index (χ2v) is 11.7. The highest BCUT2D eigenvalue weighted by atomic mass is 16.7. The molecule has 0 aliphatic carbocycles. The Morgan fingerprint density at radius 3 is 2.56 bits per heavy atom. The van der Waals surface area contributed by atoms with E-state index >= 15 is 0 Å². The highest BCUT2D eigenvalue weighted by Gasteiger charge is 2.45. The van der Waals surface area contributed by atoms with Crippen LogP contribution in [-0.4, -0.2) is 84.3 Å². The van der Waals surface area contributed by atoms with E-state index in [1.54, 1.807) is 13.4 Å². The van der Waals surface area contributed by atoms with E-state index in [4.69, 9.17) is 9.57 Å². The third kappa shape index (κ3) is 5.22. The number of likely N-dealkylation sites (N-methyl/N-ethyl adjacent to an activating group) is 1. The largest absolute Gasteiger partial charge is 0.494 e. The van der Waals surface area contributed by atoms with Gasteiger partial charge in [-0.05, 0) is 43.5 Å². The molecule has 0 radical (unpaired) electrons. The zero-order valence-corrected chi connectivity index (χ0v) is 24.2. The van der Waals surface area contributed by atoms with Gasteiger partial charge in [0.1, 0.15) is 17.9 Å². The summed E-state index contributed by atoms with van der Waals surface area (Å²) in [7, 11) is 1.73. The molecule has 0 unspecified atom stereocenters. The molecule has 1 N–H and O–H groups in total. The summed E-state index contributed by atoms with van der Waals surface area (Å²) in [4.78, 5) is 23.0. The molecule has 216 valence electrons. The van der Waals surface area contributed by atoms with Crippen LogP contribution in [0.3, 0.4) is 0 Å². The molecule has 1 aromatic heterocycles. The van der Waals surface area contributed by atoms with Gasteiger partial charge in [-0.25, -0.2) is 15.0 Å². The van der Waals surface area contributed by atoms with Crippen molar-refractivity contribution in [2.24, 2.45) is 0 Å². The van der Waals surface area contributed by atoms with Gasteiger partial charge < -0.3 is 15.0 Å². The Balaban J connectivity index is 1.00. The normalized spacial score (nSPS) is 25.3. The van der Waals surface area contributed by atoms with Crippen LogP contribution in [-0.2, 0) is 4.84 Å². The number of likely N-dealkylation sites (tertiary alicyclic amines) is 2. The van der Waals surface area contributed by atoms with Crippen molar-refractivity contribution in [1.82, 2.24) is 19.8 Å². The van der Waals surface area contributed by atoms with Gasteiger partial charge in [0.15, 0.2) is 5.82 Å². The summed E-state index contributed by atoms with van der Waals surface area (Å²) >= 11 is 0. The molecule has 0 saturated carbocycles. The Bertz CT molecular complexity index is 1330. The van der Waals surface area contributed by atoms with E-state index in [0.29, 0.717) is 12.4 Å². The maximum absolute atomic E-state index is 5.98. The van der Waals surface area contributed by atoms with Crippen LogP contribution in [0.25, 0.3) is 0 Å². The number of ether oxygens (including phenoxy) is 1. The fourth-order valence-corrected chi connectivity index (χ4v) is 7.40. The number of hydrogen-bond donors (Lipinski definition) is 1. The van der Waals surface area contributed by atoms with Crippen molar-refractivity contribution in [3.8, 4) is 5.75 Å². The minimum Gasteiger partial charge on any atom is -0.494 e. The predicted molar refractivity (Wildman–Crippen MR) is 162 cm³/mol. The minimum absolute atomic E-state index is 0.128. The molecule has 5 heterocycles. The van der Waals surface area contributed by atoms with Gasteiger partial charge in [0, 0.05) is 68.5 Å². The van der Waals surface area contributed by atoms with Crippen LogP contribution in [0.4, 0.5) is 23.0 Å². The number of aromatic nitrogens is 2. The van der Waals surface area contributed by atoms with Crippen LogP contribution >= 0.6 is 0 Å². The fraction of sp³-hybridized carbons (Fsp3) is 0.500. The summed E-state index contributed by atoms with van der Waals surface area (Å²) in [5, 5.41) is 5.35. The SMILES string of the molecule is CCN1C[C@H]2C[C@@H]1CN2C1CCN(c2ccc(Nc3cc(N4OCC[C@@H]4c4ccccc4)ncn3)c(OC)c2)CC1. The van der Waals surface area contributed by atoms with Crippen LogP contribution in [0.5, 0.6) is 5.75 Å². The lowest BCUT2D eigenvalue weighted by Crippen LogP contribution is -2.53. The zero-order chi connectivity index (χ0) is 27.8. The van der Waals surface area contributed by atoms with E-state index in [-0.39, 0.29) is 6.04 Å². The number of piperazine rings is 1. The lowest BCUT2D eigenvalue weighted by molar-refractivity contribution is 0.0834. The molecule has 2 bridgehead atoms. The van der Waals surface area contributed by atoms with E-state index in [0.717, 1.165) is 54.9 Å². The average Bonchev–Trinajstić information content (AvgIpc) is 3.79. The number of hydrogen-bond acceptors (Lipinski definition) is 9. The number of anilines is 4. The number of hydroxylamine groups is 1. The Morgan fingerprint density at radius 1 is 0.951 bits per heavy atom. The van der Waals surface area contributed by atoms with Gasteiger partial charge in [0.25, 0.3) is 0 Å². The second-order valence-electron chi connectivity index (χ2n) is 11.7. The number of nitrogens with zero attached hydrogens (tertiary/aromatic N) is 6. The molecule has 41 heavy (non-hydrogen) atoms. The quantitative estimate of drug-likeness (QED) is 0.420. The molecular formula is C32H41N7O2. The van der Waals surface area contributed by atoms with Gasteiger partial charge in [-0.15, -0.1) is 0 Å². The third-order valence-electron chi connectivity index (χ3n) is 9.52. The minimum atomic E-state index is 0.128. The molecule has 0 spiro atoms. The van der Waals surface area contributed by atoms with Gasteiger partial charge in [0.05, 0.1) is 25.4 Å². The number of nitrogens with one attached hydrogen (secondary N) is 1. The maximum Gasteiger partial charge on any atom is 0.158 e. The van der Waals surface area contributed by atoms with Crippen LogP contribution in [0.15, 0.2) is 60.9 Å². The Labute approximate surface area is 243 Å². The van der Waals surface area contributed by atoms with Crippen LogP contribution < -0.4 is 20.0 Å². The van der Waals surface area contributed by atoms with Crippen LogP contribution in [0.1, 0.15) is 44.2 Å². The molecule has 0 amide bonds. The molecule has 7 rings (SSSR count). The van der Waals surface area contributed by atoms with Crippen molar-refractivity contribution < 1.29 is 9.57 Å². The summed E-state index contributed by atoms with van der Waals surface area (Å²) in [6.07, 6.45) is 6.32. The molecule has 3 aromatic rings. The van der Waals surface area contributed by atoms with E-state index < -0.39 is 0 Å². The molecule has 3 atom stereocenters. The van der Waals surface area contributed by atoms with Crippen molar-refractivity contribution in [3.63, 3.8) is 0 Å². The van der Waals surface area contributed by atoms with Crippen LogP contribution in [0, 0.1) is 0 Å².